The molecule has 0 bridgehead atoms. The predicted octanol–water partition coefficient (Wildman–Crippen LogP) is -0.0463. The third-order valence-corrected chi connectivity index (χ3v) is 5.47. The van der Waals surface area contributed by atoms with Gasteiger partial charge in [-0.3, -0.25) is 4.90 Å². The monoisotopic (exact) mass is 346 g/mol. The van der Waals surface area contributed by atoms with E-state index < -0.39 is 10.0 Å². The smallest absolute Gasteiger partial charge is 0.409 e. The number of piperazine rings is 1. The van der Waals surface area contributed by atoms with E-state index in [4.69, 9.17) is 4.52 Å². The maximum atomic E-state index is 12.3. The summed E-state index contributed by atoms with van der Waals surface area (Å²) in [4.78, 5) is 15.2. The second-order valence-electron chi connectivity index (χ2n) is 5.35. The Labute approximate surface area is 135 Å². The Balaban J connectivity index is 1.81. The molecule has 23 heavy (non-hydrogen) atoms. The van der Waals surface area contributed by atoms with Crippen molar-refractivity contribution in [1.29, 1.82) is 0 Å². The minimum Gasteiger partial charge on any atom is -0.453 e. The van der Waals surface area contributed by atoms with Crippen molar-refractivity contribution in [3.05, 3.63) is 11.5 Å². The average Bonchev–Trinajstić information content (AvgIpc) is 2.86. The zero-order valence-electron chi connectivity index (χ0n) is 13.5. The van der Waals surface area contributed by atoms with Gasteiger partial charge in [0, 0.05) is 39.3 Å². The summed E-state index contributed by atoms with van der Waals surface area (Å²) in [5.74, 6) is 0.279. The molecule has 2 heterocycles. The molecule has 0 unspecified atom stereocenters. The van der Waals surface area contributed by atoms with Gasteiger partial charge in [-0.1, -0.05) is 5.16 Å². The van der Waals surface area contributed by atoms with Crippen molar-refractivity contribution < 1.29 is 22.5 Å². The molecule has 0 atom stereocenters. The van der Waals surface area contributed by atoms with Crippen LogP contribution in [0.25, 0.3) is 0 Å². The van der Waals surface area contributed by atoms with Gasteiger partial charge >= 0.3 is 6.09 Å². The minimum atomic E-state index is -3.62. The lowest BCUT2D eigenvalue weighted by molar-refractivity contribution is 0.0918. The first-order valence-corrected chi connectivity index (χ1v) is 8.81. The van der Waals surface area contributed by atoms with Crippen molar-refractivity contribution in [2.24, 2.45) is 0 Å². The van der Waals surface area contributed by atoms with E-state index in [0.29, 0.717) is 38.4 Å². The summed E-state index contributed by atoms with van der Waals surface area (Å²) < 4.78 is 36.6. The number of aryl methyl sites for hydroxylation is 2. The molecular weight excluding hydrogens is 324 g/mol. The van der Waals surface area contributed by atoms with Crippen LogP contribution in [0.2, 0.25) is 0 Å². The normalized spacial score (nSPS) is 16.6. The van der Waals surface area contributed by atoms with Crippen LogP contribution in [0, 0.1) is 13.8 Å². The first-order chi connectivity index (χ1) is 10.8. The first kappa shape index (κ1) is 17.7. The third-order valence-electron chi connectivity index (χ3n) is 3.76. The molecule has 1 aromatic rings. The number of amides is 1. The highest BCUT2D eigenvalue weighted by Crippen LogP contribution is 2.18. The van der Waals surface area contributed by atoms with Crippen molar-refractivity contribution >= 4 is 16.1 Å². The molecule has 0 aromatic carbocycles. The highest BCUT2D eigenvalue weighted by molar-refractivity contribution is 7.89. The number of ether oxygens (including phenoxy) is 1. The lowest BCUT2D eigenvalue weighted by Gasteiger charge is -2.33. The van der Waals surface area contributed by atoms with Gasteiger partial charge < -0.3 is 14.2 Å². The molecule has 1 N–H and O–H groups in total. The van der Waals surface area contributed by atoms with Crippen LogP contribution < -0.4 is 4.72 Å². The van der Waals surface area contributed by atoms with Crippen LogP contribution in [0.1, 0.15) is 11.5 Å². The van der Waals surface area contributed by atoms with Gasteiger partial charge in [0.05, 0.1) is 7.11 Å². The summed E-state index contributed by atoms with van der Waals surface area (Å²) in [6.07, 6.45) is -0.330. The Hall–Kier alpha value is -1.65. The van der Waals surface area contributed by atoms with Gasteiger partial charge in [-0.15, -0.1) is 0 Å². The van der Waals surface area contributed by atoms with E-state index >= 15 is 0 Å². The maximum Gasteiger partial charge on any atom is 0.409 e. The second-order valence-corrected chi connectivity index (χ2v) is 7.05. The van der Waals surface area contributed by atoms with Crippen molar-refractivity contribution in [3.63, 3.8) is 0 Å². The largest absolute Gasteiger partial charge is 0.453 e. The van der Waals surface area contributed by atoms with Crippen molar-refractivity contribution in [1.82, 2.24) is 19.7 Å². The molecule has 1 aromatic heterocycles. The van der Waals surface area contributed by atoms with Crippen LogP contribution >= 0.6 is 0 Å². The van der Waals surface area contributed by atoms with Crippen molar-refractivity contribution in [3.8, 4) is 0 Å². The molecule has 1 fully saturated rings. The molecule has 9 nitrogen and oxygen atoms in total. The fraction of sp³-hybridized carbons (Fsp3) is 0.692. The van der Waals surface area contributed by atoms with Gasteiger partial charge in [-0.05, 0) is 13.8 Å². The summed E-state index contributed by atoms with van der Waals surface area (Å²) in [6, 6.07) is 0. The third kappa shape index (κ3) is 4.21. The second kappa shape index (κ2) is 7.28. The molecule has 1 saturated heterocycles. The molecule has 0 saturated carbocycles. The Kier molecular flexibility index (Phi) is 5.60. The van der Waals surface area contributed by atoms with Crippen LogP contribution in [0.3, 0.4) is 0 Å². The lowest BCUT2D eigenvalue weighted by atomic mass is 10.3. The quantitative estimate of drug-likeness (QED) is 0.797. The van der Waals surface area contributed by atoms with Crippen molar-refractivity contribution in [2.45, 2.75) is 18.7 Å². The molecule has 0 radical (unpaired) electrons. The standard InChI is InChI=1S/C13H22N4O5S/c1-10-12(11(2)22-15-10)23(19,20)14-4-5-16-6-8-17(9-7-16)13(18)21-3/h14H,4-9H2,1-3H3. The SMILES string of the molecule is COC(=O)N1CCN(CCNS(=O)(=O)c2c(C)noc2C)CC1. The van der Waals surface area contributed by atoms with Crippen LogP contribution in [-0.4, -0.2) is 75.8 Å². The molecule has 0 aliphatic carbocycles. The van der Waals surface area contributed by atoms with Gasteiger partial charge in [0.1, 0.15) is 10.6 Å². The predicted molar refractivity (Wildman–Crippen MR) is 81.6 cm³/mol. The maximum absolute atomic E-state index is 12.3. The highest BCUT2D eigenvalue weighted by atomic mass is 32.2. The average molecular weight is 346 g/mol. The molecule has 10 heteroatoms. The van der Waals surface area contributed by atoms with E-state index in [1.165, 1.54) is 7.11 Å². The number of sulfonamides is 1. The molecule has 0 spiro atoms. The fourth-order valence-corrected chi connectivity index (χ4v) is 3.90. The van der Waals surface area contributed by atoms with Gasteiger partial charge in [0.15, 0.2) is 5.76 Å². The molecular formula is C13H22N4O5S. The van der Waals surface area contributed by atoms with Gasteiger partial charge in [0.25, 0.3) is 0 Å². The van der Waals surface area contributed by atoms with E-state index in [1.54, 1.807) is 18.7 Å². The number of carbonyl (C=O) groups excluding carboxylic acids is 1. The number of hydrogen-bond donors (Lipinski definition) is 1. The van der Waals surface area contributed by atoms with Gasteiger partial charge in [-0.2, -0.15) is 0 Å². The van der Waals surface area contributed by atoms with Gasteiger partial charge in [0.2, 0.25) is 10.0 Å². The summed E-state index contributed by atoms with van der Waals surface area (Å²) in [7, 11) is -2.27. The molecule has 130 valence electrons. The Morgan fingerprint density at radius 1 is 1.30 bits per heavy atom. The Morgan fingerprint density at radius 2 is 1.96 bits per heavy atom. The van der Waals surface area contributed by atoms with Crippen molar-refractivity contribution in [2.75, 3.05) is 46.4 Å². The minimum absolute atomic E-state index is 0.105. The number of methoxy groups -OCH3 is 1. The Bertz CT molecular complexity index is 630. The van der Waals surface area contributed by atoms with Crippen LogP contribution in [-0.2, 0) is 14.8 Å². The molecule has 2 rings (SSSR count). The fourth-order valence-electron chi connectivity index (χ4n) is 2.55. The summed E-state index contributed by atoms with van der Waals surface area (Å²) in [6.45, 7) is 6.52. The zero-order valence-corrected chi connectivity index (χ0v) is 14.4. The number of nitrogens with zero attached hydrogens (tertiary/aromatic N) is 3. The number of rotatable bonds is 5. The molecule has 1 aliphatic heterocycles. The zero-order chi connectivity index (χ0) is 17.0. The molecule has 1 amide bonds. The van der Waals surface area contributed by atoms with E-state index in [9.17, 15) is 13.2 Å². The number of nitrogens with one attached hydrogen (secondary N) is 1. The number of carbonyl (C=O) groups is 1. The van der Waals surface area contributed by atoms with E-state index in [2.05, 4.69) is 19.5 Å². The summed E-state index contributed by atoms with van der Waals surface area (Å²) in [5.41, 5.74) is 0.349. The summed E-state index contributed by atoms with van der Waals surface area (Å²) >= 11 is 0. The Morgan fingerprint density at radius 3 is 2.48 bits per heavy atom. The topological polar surface area (TPSA) is 105 Å². The van der Waals surface area contributed by atoms with Gasteiger partial charge in [-0.25, -0.2) is 17.9 Å². The van der Waals surface area contributed by atoms with Crippen LogP contribution in [0.15, 0.2) is 9.42 Å². The molecule has 1 aliphatic rings. The summed E-state index contributed by atoms with van der Waals surface area (Å²) in [5, 5.41) is 3.66. The van der Waals surface area contributed by atoms with E-state index in [-0.39, 0.29) is 23.3 Å². The highest BCUT2D eigenvalue weighted by Gasteiger charge is 2.25. The first-order valence-electron chi connectivity index (χ1n) is 7.33. The van der Waals surface area contributed by atoms with Crippen LogP contribution in [0.4, 0.5) is 4.79 Å². The van der Waals surface area contributed by atoms with Crippen LogP contribution in [0.5, 0.6) is 0 Å². The number of hydrogen-bond acceptors (Lipinski definition) is 7. The van der Waals surface area contributed by atoms with E-state index in [0.717, 1.165) is 0 Å². The lowest BCUT2D eigenvalue weighted by Crippen LogP contribution is -2.50. The van der Waals surface area contributed by atoms with E-state index in [1.807, 2.05) is 0 Å². The number of aromatic nitrogens is 1.